The number of nitrogens with one attached hydrogen (secondary N) is 1. The molecule has 0 saturated heterocycles. The summed E-state index contributed by atoms with van der Waals surface area (Å²) in [5, 5.41) is 12.0. The largest absolute Gasteiger partial charge is 0.486 e. The number of pyridine rings is 1. The third-order valence-electron chi connectivity index (χ3n) is 3.42. The quantitative estimate of drug-likeness (QED) is 0.688. The monoisotopic (exact) mass is 321 g/mol. The number of nitrogens with zero attached hydrogens (tertiary/aromatic N) is 2. The Morgan fingerprint density at radius 1 is 1.29 bits per heavy atom. The van der Waals surface area contributed by atoms with Crippen LogP contribution in [0.2, 0.25) is 0 Å². The molecule has 24 heavy (non-hydrogen) atoms. The Hall–Kier alpha value is -3.33. The lowest BCUT2D eigenvalue weighted by atomic mass is 10.1. The average Bonchev–Trinajstić information content (AvgIpc) is 2.65. The molecule has 0 unspecified atom stereocenters. The van der Waals surface area contributed by atoms with Gasteiger partial charge in [0.05, 0.1) is 0 Å². The van der Waals surface area contributed by atoms with Gasteiger partial charge in [0.2, 0.25) is 0 Å². The molecule has 0 saturated carbocycles. The van der Waals surface area contributed by atoms with Crippen LogP contribution >= 0.6 is 0 Å². The minimum absolute atomic E-state index is 0.0237. The Bertz CT molecular complexity index is 810. The summed E-state index contributed by atoms with van der Waals surface area (Å²) in [7, 11) is 0. The van der Waals surface area contributed by atoms with E-state index in [4.69, 9.17) is 9.47 Å². The maximum atomic E-state index is 12.2. The molecule has 1 N–H and O–H groups in total. The van der Waals surface area contributed by atoms with Crippen LogP contribution in [0.1, 0.15) is 11.1 Å². The molecule has 1 aromatic carbocycles. The lowest BCUT2D eigenvalue weighted by Gasteiger charge is -2.18. The van der Waals surface area contributed by atoms with Crippen molar-refractivity contribution in [2.75, 3.05) is 13.2 Å². The molecule has 0 atom stereocenters. The number of rotatable bonds is 4. The van der Waals surface area contributed by atoms with Crippen molar-refractivity contribution in [1.82, 2.24) is 10.3 Å². The van der Waals surface area contributed by atoms with Gasteiger partial charge in [0, 0.05) is 18.9 Å². The number of ether oxygens (including phenoxy) is 2. The molecule has 0 radical (unpaired) electrons. The molecule has 6 heteroatoms. The van der Waals surface area contributed by atoms with E-state index in [2.05, 4.69) is 10.3 Å². The van der Waals surface area contributed by atoms with Gasteiger partial charge in [0.25, 0.3) is 5.91 Å². The standard InChI is InChI=1S/C18H15N3O3/c19-10-15(18(22)21-12-14-2-1-5-20-11-14)8-13-3-4-16-17(9-13)24-7-6-23-16/h1-5,8-9,11H,6-7,12H2,(H,21,22)/b15-8+. The van der Waals surface area contributed by atoms with Crippen molar-refractivity contribution >= 4 is 12.0 Å². The molecule has 2 aromatic rings. The van der Waals surface area contributed by atoms with Gasteiger partial charge in [-0.05, 0) is 35.4 Å². The number of hydrogen-bond acceptors (Lipinski definition) is 5. The molecule has 1 aliphatic rings. The van der Waals surface area contributed by atoms with E-state index in [1.165, 1.54) is 6.08 Å². The summed E-state index contributed by atoms with van der Waals surface area (Å²) in [6.07, 6.45) is 4.85. The highest BCUT2D eigenvalue weighted by Gasteiger charge is 2.13. The van der Waals surface area contributed by atoms with E-state index in [1.807, 2.05) is 12.1 Å². The van der Waals surface area contributed by atoms with Crippen LogP contribution in [0, 0.1) is 11.3 Å². The summed E-state index contributed by atoms with van der Waals surface area (Å²) in [6, 6.07) is 10.9. The molecule has 3 rings (SSSR count). The summed E-state index contributed by atoms with van der Waals surface area (Å²) in [6.45, 7) is 1.31. The van der Waals surface area contributed by atoms with Gasteiger partial charge in [-0.1, -0.05) is 12.1 Å². The van der Waals surface area contributed by atoms with Crippen LogP contribution in [0.3, 0.4) is 0 Å². The van der Waals surface area contributed by atoms with Crippen molar-refractivity contribution in [1.29, 1.82) is 5.26 Å². The van der Waals surface area contributed by atoms with E-state index in [0.717, 1.165) is 5.56 Å². The second-order valence-electron chi connectivity index (χ2n) is 5.12. The Labute approximate surface area is 139 Å². The maximum absolute atomic E-state index is 12.2. The minimum Gasteiger partial charge on any atom is -0.486 e. The fourth-order valence-electron chi connectivity index (χ4n) is 2.25. The number of amides is 1. The van der Waals surface area contributed by atoms with Crippen LogP contribution in [0.25, 0.3) is 6.08 Å². The summed E-state index contributed by atoms with van der Waals surface area (Å²) < 4.78 is 10.9. The highest BCUT2D eigenvalue weighted by atomic mass is 16.6. The first kappa shape index (κ1) is 15.6. The zero-order valence-corrected chi connectivity index (χ0v) is 12.9. The summed E-state index contributed by atoms with van der Waals surface area (Å²) in [5.41, 5.74) is 1.59. The van der Waals surface area contributed by atoms with Crippen LogP contribution in [0.4, 0.5) is 0 Å². The smallest absolute Gasteiger partial charge is 0.262 e. The van der Waals surface area contributed by atoms with E-state index >= 15 is 0 Å². The first-order valence-electron chi connectivity index (χ1n) is 7.45. The molecule has 120 valence electrons. The van der Waals surface area contributed by atoms with E-state index in [0.29, 0.717) is 36.8 Å². The number of nitriles is 1. The van der Waals surface area contributed by atoms with Crippen molar-refractivity contribution in [3.05, 3.63) is 59.4 Å². The molecular formula is C18H15N3O3. The van der Waals surface area contributed by atoms with Gasteiger partial charge in [0.15, 0.2) is 11.5 Å². The van der Waals surface area contributed by atoms with Gasteiger partial charge < -0.3 is 14.8 Å². The lowest BCUT2D eigenvalue weighted by Crippen LogP contribution is -2.24. The van der Waals surface area contributed by atoms with Gasteiger partial charge in [-0.15, -0.1) is 0 Å². The number of carbonyl (C=O) groups excluding carboxylic acids is 1. The number of hydrogen-bond donors (Lipinski definition) is 1. The number of carbonyl (C=O) groups is 1. The first-order chi connectivity index (χ1) is 11.8. The molecule has 6 nitrogen and oxygen atoms in total. The van der Waals surface area contributed by atoms with Gasteiger partial charge in [0.1, 0.15) is 24.9 Å². The molecule has 0 fully saturated rings. The third-order valence-corrected chi connectivity index (χ3v) is 3.42. The number of benzene rings is 1. The van der Waals surface area contributed by atoms with Crippen LogP contribution < -0.4 is 14.8 Å². The third kappa shape index (κ3) is 3.70. The summed E-state index contributed by atoms with van der Waals surface area (Å²) >= 11 is 0. The van der Waals surface area contributed by atoms with Crippen LogP contribution in [0.15, 0.2) is 48.3 Å². The molecule has 0 spiro atoms. The van der Waals surface area contributed by atoms with E-state index in [9.17, 15) is 10.1 Å². The van der Waals surface area contributed by atoms with Crippen LogP contribution in [0.5, 0.6) is 11.5 Å². The van der Waals surface area contributed by atoms with Gasteiger partial charge >= 0.3 is 0 Å². The highest BCUT2D eigenvalue weighted by molar-refractivity contribution is 6.01. The first-order valence-corrected chi connectivity index (χ1v) is 7.45. The highest BCUT2D eigenvalue weighted by Crippen LogP contribution is 2.31. The minimum atomic E-state index is -0.434. The molecule has 1 aromatic heterocycles. The van der Waals surface area contributed by atoms with Crippen LogP contribution in [-0.4, -0.2) is 24.1 Å². The Kier molecular flexibility index (Phi) is 4.73. The van der Waals surface area contributed by atoms with Crippen LogP contribution in [-0.2, 0) is 11.3 Å². The molecule has 0 bridgehead atoms. The second kappa shape index (κ2) is 7.29. The molecular weight excluding hydrogens is 306 g/mol. The normalized spacial score (nSPS) is 13.0. The van der Waals surface area contributed by atoms with Crippen molar-refractivity contribution in [2.24, 2.45) is 0 Å². The number of fused-ring (bicyclic) bond motifs is 1. The predicted octanol–water partition coefficient (Wildman–Crippen LogP) is 2.08. The number of aromatic nitrogens is 1. The van der Waals surface area contributed by atoms with Gasteiger partial charge in [-0.2, -0.15) is 5.26 Å². The van der Waals surface area contributed by atoms with Gasteiger partial charge in [-0.3, -0.25) is 9.78 Å². The topological polar surface area (TPSA) is 84.2 Å². The van der Waals surface area contributed by atoms with Crippen molar-refractivity contribution in [2.45, 2.75) is 6.54 Å². The van der Waals surface area contributed by atoms with Crippen molar-refractivity contribution < 1.29 is 14.3 Å². The van der Waals surface area contributed by atoms with Crippen molar-refractivity contribution in [3.63, 3.8) is 0 Å². The predicted molar refractivity (Wildman–Crippen MR) is 87.1 cm³/mol. The Morgan fingerprint density at radius 2 is 2.12 bits per heavy atom. The maximum Gasteiger partial charge on any atom is 0.262 e. The second-order valence-corrected chi connectivity index (χ2v) is 5.12. The fraction of sp³-hybridized carbons (Fsp3) is 0.167. The van der Waals surface area contributed by atoms with E-state index in [-0.39, 0.29) is 5.57 Å². The Balaban J connectivity index is 1.72. The SMILES string of the molecule is N#C/C(=C\c1ccc2c(c1)OCCO2)C(=O)NCc1cccnc1. The zero-order valence-electron chi connectivity index (χ0n) is 12.9. The van der Waals surface area contributed by atoms with E-state index < -0.39 is 5.91 Å². The zero-order chi connectivity index (χ0) is 16.8. The fourth-order valence-corrected chi connectivity index (χ4v) is 2.25. The average molecular weight is 321 g/mol. The lowest BCUT2D eigenvalue weighted by molar-refractivity contribution is -0.117. The Morgan fingerprint density at radius 3 is 2.88 bits per heavy atom. The molecule has 2 heterocycles. The summed E-state index contributed by atoms with van der Waals surface area (Å²) in [5.74, 6) is 0.845. The van der Waals surface area contributed by atoms with E-state index in [1.54, 1.807) is 36.7 Å². The van der Waals surface area contributed by atoms with Crippen molar-refractivity contribution in [3.8, 4) is 17.6 Å². The molecule has 1 aliphatic heterocycles. The summed E-state index contributed by atoms with van der Waals surface area (Å²) in [4.78, 5) is 16.1. The molecule has 1 amide bonds. The molecule has 0 aliphatic carbocycles. The van der Waals surface area contributed by atoms with Gasteiger partial charge in [-0.25, -0.2) is 0 Å².